The lowest BCUT2D eigenvalue weighted by molar-refractivity contribution is -0.730. The molecule has 0 fully saturated rings. The minimum atomic E-state index is 0.389. The lowest BCUT2D eigenvalue weighted by Gasteiger charge is -1.92. The predicted molar refractivity (Wildman–Crippen MR) is 25.3 cm³/mol. The third kappa shape index (κ3) is 0.501. The van der Waals surface area contributed by atoms with E-state index in [0.29, 0.717) is 15.4 Å². The number of rotatable bonds is 0. The first kappa shape index (κ1) is 4.96. The van der Waals surface area contributed by atoms with Gasteiger partial charge in [0.25, 0.3) is 0 Å². The van der Waals surface area contributed by atoms with E-state index in [9.17, 15) is 5.21 Å². The van der Waals surface area contributed by atoms with Gasteiger partial charge in [-0.1, -0.05) is 0 Å². The molecular weight excluding hydrogens is 108 g/mol. The van der Waals surface area contributed by atoms with E-state index in [1.165, 1.54) is 12.3 Å². The number of hydrogen-bond acceptors (Lipinski definition) is 2. The van der Waals surface area contributed by atoms with Crippen LogP contribution in [0.1, 0.15) is 5.69 Å². The van der Waals surface area contributed by atoms with Gasteiger partial charge in [0.15, 0.2) is 0 Å². The van der Waals surface area contributed by atoms with Crippen LogP contribution in [0.4, 0.5) is 0 Å². The fourth-order valence-corrected chi connectivity index (χ4v) is 0.460. The second kappa shape index (κ2) is 1.40. The Labute approximate surface area is 46.1 Å². The summed E-state index contributed by atoms with van der Waals surface area (Å²) in [5.41, 5.74) is 0.479. The predicted octanol–water partition coefficient (Wildman–Crippen LogP) is -0.333. The van der Waals surface area contributed by atoms with E-state index < -0.39 is 0 Å². The molecule has 0 aliphatic heterocycles. The fourth-order valence-electron chi connectivity index (χ4n) is 0.460. The van der Waals surface area contributed by atoms with Crippen molar-refractivity contribution in [2.24, 2.45) is 0 Å². The van der Waals surface area contributed by atoms with Gasteiger partial charge in [-0.25, -0.2) is 0 Å². The van der Waals surface area contributed by atoms with Gasteiger partial charge in [0, 0.05) is 17.8 Å². The molecule has 0 aromatic carbocycles. The van der Waals surface area contributed by atoms with E-state index in [-0.39, 0.29) is 0 Å². The smallest absolute Gasteiger partial charge is 0.221 e. The van der Waals surface area contributed by atoms with Crippen molar-refractivity contribution in [2.75, 3.05) is 0 Å². The number of nitrogens with zero attached hydrogens (tertiary/aromatic N) is 2. The first-order chi connectivity index (χ1) is 3.72. The minimum absolute atomic E-state index is 0.389. The lowest BCUT2D eigenvalue weighted by atomic mass is 10.5. The normalized spacial score (nSPS) is 9.62. The molecule has 1 rings (SSSR count). The molecule has 1 aromatic rings. The van der Waals surface area contributed by atoms with Crippen LogP contribution in [-0.4, -0.2) is 10.1 Å². The number of aromatic nitrogens is 2. The molecule has 0 bridgehead atoms. The van der Waals surface area contributed by atoms with Crippen LogP contribution in [0.5, 0.6) is 0 Å². The zero-order valence-corrected chi connectivity index (χ0v) is 4.40. The van der Waals surface area contributed by atoms with Crippen molar-refractivity contribution in [2.45, 2.75) is 6.92 Å². The van der Waals surface area contributed by atoms with E-state index in [0.717, 1.165) is 0 Å². The van der Waals surface area contributed by atoms with Gasteiger partial charge in [0.1, 0.15) is 6.20 Å². The highest BCUT2D eigenvalue weighted by molar-refractivity contribution is 4.86. The van der Waals surface area contributed by atoms with Crippen LogP contribution in [0.3, 0.4) is 0 Å². The van der Waals surface area contributed by atoms with Crippen LogP contribution in [0.15, 0.2) is 12.3 Å². The van der Waals surface area contributed by atoms with E-state index >= 15 is 0 Å². The highest BCUT2D eigenvalue weighted by Gasteiger charge is 2.01. The molecule has 4 nitrogen and oxygen atoms in total. The zero-order valence-electron chi connectivity index (χ0n) is 4.40. The van der Waals surface area contributed by atoms with E-state index in [1.54, 1.807) is 6.92 Å². The topological polar surface area (TPSA) is 52.1 Å². The van der Waals surface area contributed by atoms with Crippen molar-refractivity contribution in [3.05, 3.63) is 23.2 Å². The second-order valence-electron chi connectivity index (χ2n) is 1.55. The van der Waals surface area contributed by atoms with Crippen LogP contribution in [0.25, 0.3) is 0 Å². The van der Waals surface area contributed by atoms with Crippen LogP contribution in [0, 0.1) is 12.1 Å². The summed E-state index contributed by atoms with van der Waals surface area (Å²) in [5, 5.41) is 18.9. The summed E-state index contributed by atoms with van der Waals surface area (Å²) in [6.07, 6.45) is 1.28. The molecule has 0 atom stereocenters. The Morgan fingerprint density at radius 2 is 2.50 bits per heavy atom. The molecule has 44 valence electrons. The minimum Gasteiger partial charge on any atom is -0.593 e. The third-order valence-electron chi connectivity index (χ3n) is 0.937. The number of aryl methyl sites for hydroxylation is 1. The average Bonchev–Trinajstić information content (AvgIpc) is 1.98. The molecule has 0 radical (unpaired) electrons. The summed E-state index contributed by atoms with van der Waals surface area (Å²) < 4.78 is 0. The first-order valence-corrected chi connectivity index (χ1v) is 2.19. The van der Waals surface area contributed by atoms with Gasteiger partial charge in [0.2, 0.25) is 5.69 Å². The summed E-state index contributed by atoms with van der Waals surface area (Å²) in [6, 6.07) is 1.52. The van der Waals surface area contributed by atoms with Crippen molar-refractivity contribution in [3.8, 4) is 0 Å². The molecule has 4 heteroatoms. The SMILES string of the molecule is Cc1ccn(O)[n+]1[O-]. The first-order valence-electron chi connectivity index (χ1n) is 2.19. The molecule has 1 N–H and O–H groups in total. The number of hydrogen-bond donors (Lipinski definition) is 1. The molecule has 1 heterocycles. The molecule has 0 aliphatic carbocycles. The fraction of sp³-hybridized carbons (Fsp3) is 0.250. The quantitative estimate of drug-likeness (QED) is 0.285. The van der Waals surface area contributed by atoms with Gasteiger partial charge in [-0.15, -0.1) is 0 Å². The molecule has 0 saturated carbocycles. The Morgan fingerprint density at radius 1 is 1.88 bits per heavy atom. The molecule has 0 aliphatic rings. The second-order valence-corrected chi connectivity index (χ2v) is 1.55. The molecule has 0 unspecified atom stereocenters. The van der Waals surface area contributed by atoms with Gasteiger partial charge < -0.3 is 10.4 Å². The van der Waals surface area contributed by atoms with E-state index in [4.69, 9.17) is 5.21 Å². The van der Waals surface area contributed by atoms with E-state index in [1.807, 2.05) is 0 Å². The van der Waals surface area contributed by atoms with Crippen LogP contribution in [0.2, 0.25) is 0 Å². The third-order valence-corrected chi connectivity index (χ3v) is 0.937. The highest BCUT2D eigenvalue weighted by Crippen LogP contribution is 1.84. The van der Waals surface area contributed by atoms with Crippen molar-refractivity contribution in [3.63, 3.8) is 0 Å². The highest BCUT2D eigenvalue weighted by atomic mass is 16.6. The molecule has 0 saturated heterocycles. The summed E-state index contributed by atoms with van der Waals surface area (Å²) >= 11 is 0. The Hall–Kier alpha value is -1.19. The largest absolute Gasteiger partial charge is 0.593 e. The van der Waals surface area contributed by atoms with Gasteiger partial charge >= 0.3 is 0 Å². The van der Waals surface area contributed by atoms with Gasteiger partial charge in [-0.3, -0.25) is 0 Å². The zero-order chi connectivity index (χ0) is 6.15. The molecule has 0 amide bonds. The van der Waals surface area contributed by atoms with Crippen LogP contribution in [-0.2, 0) is 0 Å². The maximum absolute atomic E-state index is 10.4. The van der Waals surface area contributed by atoms with E-state index in [2.05, 4.69) is 0 Å². The van der Waals surface area contributed by atoms with Gasteiger partial charge in [0.05, 0.1) is 0 Å². The molecule has 0 spiro atoms. The van der Waals surface area contributed by atoms with Crippen molar-refractivity contribution in [1.29, 1.82) is 0 Å². The summed E-state index contributed by atoms with van der Waals surface area (Å²) in [6.45, 7) is 1.61. The Morgan fingerprint density at radius 3 is 2.62 bits per heavy atom. The maximum atomic E-state index is 10.4. The standard InChI is InChI=1S/C4H6N2O2/c1-4-2-3-5(7)6(4)8/h2-3,7H,1H3. The maximum Gasteiger partial charge on any atom is 0.221 e. The Bertz CT molecular complexity index is 174. The average molecular weight is 114 g/mol. The van der Waals surface area contributed by atoms with Gasteiger partial charge in [-0.2, -0.15) is 0 Å². The van der Waals surface area contributed by atoms with Crippen molar-refractivity contribution >= 4 is 0 Å². The Kier molecular flexibility index (Phi) is 0.865. The van der Waals surface area contributed by atoms with Crippen LogP contribution < -0.4 is 4.85 Å². The van der Waals surface area contributed by atoms with Crippen molar-refractivity contribution < 1.29 is 10.1 Å². The summed E-state index contributed by atoms with van der Waals surface area (Å²) in [4.78, 5) is 0.870. The van der Waals surface area contributed by atoms with Gasteiger partial charge in [-0.05, 0) is 4.85 Å². The molecule has 1 aromatic heterocycles. The molecule has 8 heavy (non-hydrogen) atoms. The van der Waals surface area contributed by atoms with Crippen molar-refractivity contribution in [1.82, 2.24) is 4.85 Å². The van der Waals surface area contributed by atoms with Crippen LogP contribution >= 0.6 is 0 Å². The Balaban J connectivity index is 3.19. The summed E-state index contributed by atoms with van der Waals surface area (Å²) in [7, 11) is 0. The summed E-state index contributed by atoms with van der Waals surface area (Å²) in [5.74, 6) is 0. The molecular formula is C4H6N2O2. The lowest BCUT2D eigenvalue weighted by Crippen LogP contribution is -2.37. The monoisotopic (exact) mass is 114 g/mol.